The summed E-state index contributed by atoms with van der Waals surface area (Å²) in [7, 11) is -4.73. The molecule has 7 heteroatoms. The Bertz CT molecular complexity index is 1040. The third-order valence-corrected chi connectivity index (χ3v) is 5.22. The van der Waals surface area contributed by atoms with E-state index in [1.807, 2.05) is 30.3 Å². The van der Waals surface area contributed by atoms with Crippen LogP contribution in [0, 0.1) is 5.92 Å². The van der Waals surface area contributed by atoms with Gasteiger partial charge < -0.3 is 13.9 Å². The Morgan fingerprint density at radius 1 is 0.903 bits per heavy atom. The molecule has 0 aliphatic rings. The van der Waals surface area contributed by atoms with Crippen molar-refractivity contribution in [1.29, 1.82) is 0 Å². The first-order valence-corrected chi connectivity index (χ1v) is 11.2. The van der Waals surface area contributed by atoms with E-state index >= 15 is 0 Å². The van der Waals surface area contributed by atoms with Crippen molar-refractivity contribution in [2.24, 2.45) is 5.92 Å². The quantitative estimate of drug-likeness (QED) is 0.286. The number of carbonyl (C=O) groups excluding carboxylic acids is 1. The van der Waals surface area contributed by atoms with Gasteiger partial charge in [0.15, 0.2) is 5.78 Å². The molecule has 1 atom stereocenters. The average molecular weight is 446 g/mol. The van der Waals surface area contributed by atoms with Crippen LogP contribution in [-0.2, 0) is 17.4 Å². The van der Waals surface area contributed by atoms with Crippen LogP contribution in [0.1, 0.15) is 35.3 Å². The van der Waals surface area contributed by atoms with Crippen molar-refractivity contribution < 1.29 is 52.9 Å². The second-order valence-corrected chi connectivity index (χ2v) is 8.72. The number of phosphoric ester groups is 1. The van der Waals surface area contributed by atoms with Gasteiger partial charge in [0.25, 0.3) is 0 Å². The van der Waals surface area contributed by atoms with Crippen molar-refractivity contribution in [3.05, 3.63) is 95.6 Å². The van der Waals surface area contributed by atoms with E-state index in [0.717, 1.165) is 17.5 Å². The van der Waals surface area contributed by atoms with E-state index in [0.29, 0.717) is 5.92 Å². The molecule has 0 spiro atoms. The Hall–Kier alpha value is -1.88. The van der Waals surface area contributed by atoms with Crippen LogP contribution in [0.25, 0.3) is 0 Å². The summed E-state index contributed by atoms with van der Waals surface area (Å²) < 4.78 is 22.7. The predicted molar refractivity (Wildman–Crippen MR) is 115 cm³/mol. The molecular weight excluding hydrogens is 422 g/mol. The molecule has 0 bridgehead atoms. The van der Waals surface area contributed by atoms with Crippen LogP contribution in [-0.4, -0.2) is 5.78 Å². The summed E-state index contributed by atoms with van der Waals surface area (Å²) in [6.45, 7) is 4.16. The van der Waals surface area contributed by atoms with Gasteiger partial charge in [-0.2, -0.15) is 0 Å². The van der Waals surface area contributed by atoms with Crippen molar-refractivity contribution in [1.82, 2.24) is 0 Å². The van der Waals surface area contributed by atoms with E-state index in [1.54, 1.807) is 30.3 Å². The second-order valence-electron chi connectivity index (χ2n) is 7.46. The summed E-state index contributed by atoms with van der Waals surface area (Å²) in [4.78, 5) is 25.4. The van der Waals surface area contributed by atoms with Crippen LogP contribution in [0.15, 0.2) is 78.9 Å². The third-order valence-electron chi connectivity index (χ3n) is 4.37. The van der Waals surface area contributed by atoms with Crippen LogP contribution in [0.3, 0.4) is 0 Å². The number of para-hydroxylation sites is 1. The molecule has 0 heterocycles. The Morgan fingerprint density at radius 3 is 2.13 bits per heavy atom. The van der Waals surface area contributed by atoms with Gasteiger partial charge in [-0.3, -0.25) is 4.79 Å². The fraction of sp³-hybridized carbons (Fsp3) is 0.208. The first kappa shape index (κ1) is 25.4. The van der Waals surface area contributed by atoms with Gasteiger partial charge in [-0.1, -0.05) is 68.4 Å². The summed E-state index contributed by atoms with van der Waals surface area (Å²) in [6.07, 6.45) is 0.909. The van der Waals surface area contributed by atoms with Crippen LogP contribution >= 0.6 is 7.82 Å². The summed E-state index contributed by atoms with van der Waals surface area (Å²) in [5.74, 6) is 0.282. The molecule has 3 aromatic rings. The van der Waals surface area contributed by atoms with Crippen molar-refractivity contribution in [3.63, 3.8) is 0 Å². The maximum absolute atomic E-state index is 13.0. The molecule has 1 unspecified atom stereocenters. The molecular formula is C24H24NaO5P. The molecule has 3 rings (SSSR count). The molecule has 0 N–H and O–H groups in total. The maximum Gasteiger partial charge on any atom is 1.00 e. The molecule has 0 aliphatic heterocycles. The van der Waals surface area contributed by atoms with E-state index in [-0.39, 0.29) is 58.8 Å². The van der Waals surface area contributed by atoms with Gasteiger partial charge in [0.2, 0.25) is 0 Å². The largest absolute Gasteiger partial charge is 1.00 e. The Labute approximate surface area is 205 Å². The van der Waals surface area contributed by atoms with E-state index in [9.17, 15) is 14.3 Å². The molecule has 156 valence electrons. The van der Waals surface area contributed by atoms with E-state index in [2.05, 4.69) is 13.8 Å². The summed E-state index contributed by atoms with van der Waals surface area (Å²) in [6, 6.07) is 22.4. The molecule has 0 aromatic heterocycles. The van der Waals surface area contributed by atoms with E-state index < -0.39 is 7.82 Å². The molecule has 3 aromatic carbocycles. The van der Waals surface area contributed by atoms with E-state index in [4.69, 9.17) is 9.05 Å². The van der Waals surface area contributed by atoms with Crippen molar-refractivity contribution in [2.45, 2.75) is 26.7 Å². The fourth-order valence-electron chi connectivity index (χ4n) is 3.10. The van der Waals surface area contributed by atoms with Gasteiger partial charge in [0, 0.05) is 6.42 Å². The van der Waals surface area contributed by atoms with Crippen LogP contribution in [0.5, 0.6) is 11.5 Å². The van der Waals surface area contributed by atoms with Gasteiger partial charge in [0.1, 0.15) is 11.5 Å². The minimum absolute atomic E-state index is 0. The molecule has 31 heavy (non-hydrogen) atoms. The maximum atomic E-state index is 13.0. The molecule has 0 aliphatic carbocycles. The first-order chi connectivity index (χ1) is 14.3. The summed E-state index contributed by atoms with van der Waals surface area (Å²) >= 11 is 0. The Kier molecular flexibility index (Phi) is 9.54. The van der Waals surface area contributed by atoms with Gasteiger partial charge in [-0.15, -0.1) is 0 Å². The molecule has 0 amide bonds. The second kappa shape index (κ2) is 11.7. The number of ketones is 1. The topological polar surface area (TPSA) is 75.7 Å². The SMILES string of the molecule is CC(C)Cc1ccc(OP(=O)([O-])Oc2ccccc2)c(C(=O)Cc2ccccc2)c1.[Na+]. The molecule has 0 radical (unpaired) electrons. The number of Topliss-reactive ketones (excluding diaryl/α,β-unsaturated/α-hetero) is 1. The van der Waals surface area contributed by atoms with Gasteiger partial charge >= 0.3 is 37.4 Å². The molecule has 0 fully saturated rings. The van der Waals surface area contributed by atoms with Crippen LogP contribution < -0.4 is 43.5 Å². The number of phosphoric acid groups is 1. The minimum atomic E-state index is -4.73. The van der Waals surface area contributed by atoms with Crippen LogP contribution in [0.4, 0.5) is 0 Å². The predicted octanol–water partition coefficient (Wildman–Crippen LogP) is 2.24. The number of rotatable bonds is 9. The zero-order chi connectivity index (χ0) is 21.6. The number of benzene rings is 3. The molecule has 5 nitrogen and oxygen atoms in total. The number of carbonyl (C=O) groups is 1. The number of hydrogen-bond acceptors (Lipinski definition) is 5. The summed E-state index contributed by atoms with van der Waals surface area (Å²) in [5, 5.41) is 0. The van der Waals surface area contributed by atoms with Gasteiger partial charge in [-0.05, 0) is 47.7 Å². The zero-order valence-electron chi connectivity index (χ0n) is 18.0. The molecule has 0 saturated heterocycles. The van der Waals surface area contributed by atoms with Crippen molar-refractivity contribution in [3.8, 4) is 11.5 Å². The van der Waals surface area contributed by atoms with Crippen molar-refractivity contribution >= 4 is 13.6 Å². The monoisotopic (exact) mass is 446 g/mol. The van der Waals surface area contributed by atoms with Crippen molar-refractivity contribution in [2.75, 3.05) is 0 Å². The Balaban J connectivity index is 0.00000341. The third kappa shape index (κ3) is 7.95. The first-order valence-electron chi connectivity index (χ1n) is 9.78. The smallest absolute Gasteiger partial charge is 0.736 e. The summed E-state index contributed by atoms with van der Waals surface area (Å²) in [5.41, 5.74) is 2.01. The van der Waals surface area contributed by atoms with Gasteiger partial charge in [-0.25, -0.2) is 4.57 Å². The minimum Gasteiger partial charge on any atom is -0.736 e. The fourth-order valence-corrected chi connectivity index (χ4v) is 3.92. The normalized spacial score (nSPS) is 12.5. The standard InChI is InChI=1S/C24H25O5P.Na/c1-18(2)15-20-13-14-24(29-30(26,27)28-21-11-7-4-8-12-21)22(16-20)23(25)17-19-9-5-3-6-10-19;/h3-14,16,18H,15,17H2,1-2H3,(H,26,27);/q;+1/p-1. The molecule has 0 saturated carbocycles. The van der Waals surface area contributed by atoms with E-state index in [1.165, 1.54) is 18.2 Å². The van der Waals surface area contributed by atoms with Gasteiger partial charge in [0.05, 0.1) is 5.56 Å². The number of hydrogen-bond donors (Lipinski definition) is 0. The van der Waals surface area contributed by atoms with Crippen LogP contribution in [0.2, 0.25) is 0 Å². The average Bonchev–Trinajstić information content (AvgIpc) is 2.69. The Morgan fingerprint density at radius 2 is 1.52 bits per heavy atom. The zero-order valence-corrected chi connectivity index (χ0v) is 20.9.